The third kappa shape index (κ3) is 3.21. The van der Waals surface area contributed by atoms with E-state index in [1.807, 2.05) is 0 Å². The normalized spacial score (nSPS) is 30.0. The second-order valence-corrected chi connectivity index (χ2v) is 6.39. The summed E-state index contributed by atoms with van der Waals surface area (Å²) in [6, 6.07) is 0.469. The molecule has 0 aromatic rings. The fraction of sp³-hybridized carbons (Fsp3) is 1.00. The van der Waals surface area contributed by atoms with Gasteiger partial charge in [0.2, 0.25) is 0 Å². The van der Waals surface area contributed by atoms with Gasteiger partial charge < -0.3 is 4.74 Å². The highest BCUT2D eigenvalue weighted by Crippen LogP contribution is 2.43. The molecular formula is C14H28N2O. The van der Waals surface area contributed by atoms with E-state index in [0.717, 1.165) is 6.61 Å². The van der Waals surface area contributed by atoms with Crippen LogP contribution in [0.4, 0.5) is 0 Å². The molecule has 1 heterocycles. The van der Waals surface area contributed by atoms with Gasteiger partial charge in [-0.25, -0.2) is 0 Å². The average Bonchev–Trinajstić information content (AvgIpc) is 2.74. The summed E-state index contributed by atoms with van der Waals surface area (Å²) in [6.45, 7) is 5.48. The fourth-order valence-corrected chi connectivity index (χ4v) is 3.68. The number of hydrogen-bond donors (Lipinski definition) is 2. The van der Waals surface area contributed by atoms with E-state index in [0.29, 0.717) is 17.9 Å². The lowest BCUT2D eigenvalue weighted by molar-refractivity contribution is -0.0987. The molecule has 17 heavy (non-hydrogen) atoms. The summed E-state index contributed by atoms with van der Waals surface area (Å²) >= 11 is 0. The van der Waals surface area contributed by atoms with Gasteiger partial charge in [-0.05, 0) is 43.9 Å². The molecule has 1 saturated carbocycles. The maximum atomic E-state index is 6.09. The highest BCUT2D eigenvalue weighted by atomic mass is 16.5. The van der Waals surface area contributed by atoms with Crippen molar-refractivity contribution in [2.75, 3.05) is 6.61 Å². The van der Waals surface area contributed by atoms with E-state index in [9.17, 15) is 0 Å². The number of nitrogens with two attached hydrogens (primary N) is 1. The maximum Gasteiger partial charge on any atom is 0.0685 e. The van der Waals surface area contributed by atoms with Gasteiger partial charge in [0.25, 0.3) is 0 Å². The van der Waals surface area contributed by atoms with Gasteiger partial charge in [0.1, 0.15) is 0 Å². The molecule has 2 atom stereocenters. The Morgan fingerprint density at radius 2 is 2.06 bits per heavy atom. The lowest BCUT2D eigenvalue weighted by Crippen LogP contribution is -2.48. The largest absolute Gasteiger partial charge is 0.375 e. The summed E-state index contributed by atoms with van der Waals surface area (Å²) in [6.07, 6.45) is 8.79. The minimum Gasteiger partial charge on any atom is -0.375 e. The Bertz CT molecular complexity index is 236. The van der Waals surface area contributed by atoms with Crippen molar-refractivity contribution in [3.8, 4) is 0 Å². The van der Waals surface area contributed by atoms with E-state index in [1.165, 1.54) is 44.9 Å². The van der Waals surface area contributed by atoms with E-state index in [1.54, 1.807) is 0 Å². The molecule has 2 rings (SSSR count). The highest BCUT2D eigenvalue weighted by Gasteiger charge is 2.41. The molecule has 1 aliphatic heterocycles. The van der Waals surface area contributed by atoms with Crippen LogP contribution in [-0.2, 0) is 4.74 Å². The standard InChI is InChI=1S/C14H28N2O/c1-11(2)9-13(16-15)12-5-8-17-14(10-12)6-3-4-7-14/h11-13,16H,3-10,15H2,1-2H3. The Labute approximate surface area is 105 Å². The predicted molar refractivity (Wildman–Crippen MR) is 70.4 cm³/mol. The second kappa shape index (κ2) is 5.68. The highest BCUT2D eigenvalue weighted by molar-refractivity contribution is 4.94. The molecule has 100 valence electrons. The first-order valence-electron chi connectivity index (χ1n) is 7.25. The molecule has 1 spiro atoms. The van der Waals surface area contributed by atoms with Gasteiger partial charge in [-0.2, -0.15) is 0 Å². The molecule has 1 saturated heterocycles. The Morgan fingerprint density at radius 3 is 2.65 bits per heavy atom. The molecule has 3 nitrogen and oxygen atoms in total. The van der Waals surface area contributed by atoms with E-state index < -0.39 is 0 Å². The molecular weight excluding hydrogens is 212 g/mol. The molecule has 1 aliphatic carbocycles. The molecule has 0 aromatic carbocycles. The molecule has 2 unspecified atom stereocenters. The monoisotopic (exact) mass is 240 g/mol. The molecule has 2 aliphatic rings. The first kappa shape index (κ1) is 13.3. The quantitative estimate of drug-likeness (QED) is 0.586. The molecule has 2 fully saturated rings. The topological polar surface area (TPSA) is 47.3 Å². The smallest absolute Gasteiger partial charge is 0.0685 e. The third-order valence-electron chi connectivity index (χ3n) is 4.55. The van der Waals surface area contributed by atoms with Crippen LogP contribution in [0.1, 0.15) is 58.8 Å². The van der Waals surface area contributed by atoms with E-state index in [2.05, 4.69) is 19.3 Å². The second-order valence-electron chi connectivity index (χ2n) is 6.39. The van der Waals surface area contributed by atoms with Crippen LogP contribution in [0.5, 0.6) is 0 Å². The van der Waals surface area contributed by atoms with Crippen LogP contribution in [0.2, 0.25) is 0 Å². The predicted octanol–water partition coefficient (Wildman–Crippen LogP) is 2.60. The first-order valence-corrected chi connectivity index (χ1v) is 7.25. The van der Waals surface area contributed by atoms with E-state index in [4.69, 9.17) is 10.6 Å². The van der Waals surface area contributed by atoms with Crippen LogP contribution in [0.3, 0.4) is 0 Å². The van der Waals surface area contributed by atoms with Crippen LogP contribution in [0, 0.1) is 11.8 Å². The Balaban J connectivity index is 1.95. The summed E-state index contributed by atoms with van der Waals surface area (Å²) in [5.41, 5.74) is 3.27. The Morgan fingerprint density at radius 1 is 1.35 bits per heavy atom. The maximum absolute atomic E-state index is 6.09. The number of hydrazine groups is 1. The van der Waals surface area contributed by atoms with Crippen LogP contribution >= 0.6 is 0 Å². The van der Waals surface area contributed by atoms with Crippen molar-refractivity contribution >= 4 is 0 Å². The third-order valence-corrected chi connectivity index (χ3v) is 4.55. The number of nitrogens with one attached hydrogen (secondary N) is 1. The van der Waals surface area contributed by atoms with Crippen molar-refractivity contribution in [2.24, 2.45) is 17.7 Å². The zero-order chi connectivity index (χ0) is 12.3. The molecule has 3 heteroatoms. The van der Waals surface area contributed by atoms with Gasteiger partial charge >= 0.3 is 0 Å². The first-order chi connectivity index (χ1) is 8.15. The van der Waals surface area contributed by atoms with Gasteiger partial charge in [-0.15, -0.1) is 0 Å². The van der Waals surface area contributed by atoms with Crippen molar-refractivity contribution in [3.05, 3.63) is 0 Å². The van der Waals surface area contributed by atoms with Crippen molar-refractivity contribution < 1.29 is 4.74 Å². The van der Waals surface area contributed by atoms with Gasteiger partial charge in [0.05, 0.1) is 5.60 Å². The zero-order valence-electron chi connectivity index (χ0n) is 11.4. The molecule has 0 aromatic heterocycles. The van der Waals surface area contributed by atoms with Gasteiger partial charge in [-0.3, -0.25) is 11.3 Å². The zero-order valence-corrected chi connectivity index (χ0v) is 11.4. The summed E-state index contributed by atoms with van der Waals surface area (Å²) in [5, 5.41) is 0. The lowest BCUT2D eigenvalue weighted by atomic mass is 9.78. The van der Waals surface area contributed by atoms with E-state index in [-0.39, 0.29) is 5.60 Å². The van der Waals surface area contributed by atoms with Crippen molar-refractivity contribution in [2.45, 2.75) is 70.4 Å². The van der Waals surface area contributed by atoms with Crippen molar-refractivity contribution in [1.29, 1.82) is 0 Å². The molecule has 0 amide bonds. The number of ether oxygens (including phenoxy) is 1. The molecule has 3 N–H and O–H groups in total. The summed E-state index contributed by atoms with van der Waals surface area (Å²) in [7, 11) is 0. The fourth-order valence-electron chi connectivity index (χ4n) is 3.68. The molecule has 0 bridgehead atoms. The van der Waals surface area contributed by atoms with Gasteiger partial charge in [0, 0.05) is 12.6 Å². The molecule has 0 radical (unpaired) electrons. The van der Waals surface area contributed by atoms with Crippen LogP contribution in [-0.4, -0.2) is 18.2 Å². The van der Waals surface area contributed by atoms with Crippen LogP contribution in [0.15, 0.2) is 0 Å². The Hall–Kier alpha value is -0.120. The summed E-state index contributed by atoms with van der Waals surface area (Å²) in [4.78, 5) is 0. The average molecular weight is 240 g/mol. The van der Waals surface area contributed by atoms with E-state index >= 15 is 0 Å². The van der Waals surface area contributed by atoms with Gasteiger partial charge in [0.15, 0.2) is 0 Å². The van der Waals surface area contributed by atoms with Gasteiger partial charge in [-0.1, -0.05) is 26.7 Å². The van der Waals surface area contributed by atoms with Crippen molar-refractivity contribution in [3.63, 3.8) is 0 Å². The van der Waals surface area contributed by atoms with Crippen LogP contribution < -0.4 is 11.3 Å². The summed E-state index contributed by atoms with van der Waals surface area (Å²) in [5.74, 6) is 7.16. The Kier molecular flexibility index (Phi) is 4.45. The van der Waals surface area contributed by atoms with Crippen LogP contribution in [0.25, 0.3) is 0 Å². The minimum atomic E-state index is 0.217. The lowest BCUT2D eigenvalue weighted by Gasteiger charge is -2.41. The number of hydrogen-bond acceptors (Lipinski definition) is 3. The number of rotatable bonds is 4. The minimum absolute atomic E-state index is 0.217. The SMILES string of the molecule is CC(C)CC(NN)C1CCOC2(CCCC2)C1. The van der Waals surface area contributed by atoms with Crippen molar-refractivity contribution in [1.82, 2.24) is 5.43 Å². The summed E-state index contributed by atoms with van der Waals surface area (Å²) < 4.78 is 6.09.